The Kier molecular flexibility index (Phi) is 5.99. The van der Waals surface area contributed by atoms with Crippen LogP contribution in [0.5, 0.6) is 0 Å². The van der Waals surface area contributed by atoms with Gasteiger partial charge in [0, 0.05) is 19.3 Å². The van der Waals surface area contributed by atoms with E-state index in [1.54, 1.807) is 47.9 Å². The van der Waals surface area contributed by atoms with E-state index in [9.17, 15) is 14.7 Å². The van der Waals surface area contributed by atoms with Crippen LogP contribution in [-0.2, 0) is 9.59 Å². The number of likely N-dealkylation sites (tertiary alicyclic amines) is 1. The molecule has 9 heteroatoms. The molecule has 4 rings (SSSR count). The lowest BCUT2D eigenvalue weighted by Gasteiger charge is -2.26. The zero-order valence-corrected chi connectivity index (χ0v) is 19.4. The van der Waals surface area contributed by atoms with E-state index in [0.29, 0.717) is 45.7 Å². The topological polar surface area (TPSA) is 78.1 Å². The molecule has 1 N–H and O–H groups in total. The summed E-state index contributed by atoms with van der Waals surface area (Å²) in [5.41, 5.74) is 2.13. The second-order valence-corrected chi connectivity index (χ2v) is 8.76. The zero-order valence-electron chi connectivity index (χ0n) is 17.8. The molecule has 1 aliphatic heterocycles. The standard InChI is InChI=1S/C23H22Cl2N4O3/c1-13-19(28-9-5-4-6-17(28)26-13)21(30)18-20(14-7-8-15(24)16(25)12-14)29(11-10-27(2)3)23(32)22(18)31/h4-9,12,20,30H,10-11H2,1-3H3/b21-18+. The highest BCUT2D eigenvalue weighted by atomic mass is 35.5. The third-order valence-electron chi connectivity index (χ3n) is 5.52. The molecule has 166 valence electrons. The molecule has 0 bridgehead atoms. The first-order chi connectivity index (χ1) is 15.2. The predicted molar refractivity (Wildman–Crippen MR) is 124 cm³/mol. The van der Waals surface area contributed by atoms with Crippen LogP contribution in [-0.4, -0.2) is 63.2 Å². The van der Waals surface area contributed by atoms with Gasteiger partial charge in [-0.05, 0) is 50.8 Å². The number of carbonyl (C=O) groups is 2. The Balaban J connectivity index is 1.94. The molecule has 7 nitrogen and oxygen atoms in total. The number of hydrogen-bond donors (Lipinski definition) is 1. The second-order valence-electron chi connectivity index (χ2n) is 7.94. The van der Waals surface area contributed by atoms with Crippen LogP contribution in [0.4, 0.5) is 0 Å². The number of benzene rings is 1. The van der Waals surface area contributed by atoms with Crippen LogP contribution in [0.2, 0.25) is 10.0 Å². The Morgan fingerprint density at radius 2 is 1.91 bits per heavy atom. The Labute approximate surface area is 195 Å². The lowest BCUT2D eigenvalue weighted by atomic mass is 9.96. The van der Waals surface area contributed by atoms with Crippen LogP contribution in [0.1, 0.15) is 23.0 Å². The average molecular weight is 473 g/mol. The van der Waals surface area contributed by atoms with Gasteiger partial charge in [0.15, 0.2) is 5.76 Å². The Morgan fingerprint density at radius 3 is 2.59 bits per heavy atom. The van der Waals surface area contributed by atoms with Crippen molar-refractivity contribution in [3.63, 3.8) is 0 Å². The van der Waals surface area contributed by atoms with Crippen molar-refractivity contribution in [3.05, 3.63) is 75.2 Å². The number of ketones is 1. The zero-order chi connectivity index (χ0) is 23.2. The number of hydrogen-bond acceptors (Lipinski definition) is 5. The van der Waals surface area contributed by atoms with Gasteiger partial charge >= 0.3 is 0 Å². The number of amides is 1. The highest BCUT2D eigenvalue weighted by Gasteiger charge is 2.46. The SMILES string of the molecule is Cc1nc2ccccn2c1/C(O)=C1\C(=O)C(=O)N(CCN(C)C)C1c1ccc(Cl)c(Cl)c1. The fraction of sp³-hybridized carbons (Fsp3) is 0.261. The van der Waals surface area contributed by atoms with Crippen molar-refractivity contribution in [2.75, 3.05) is 27.2 Å². The van der Waals surface area contributed by atoms with Gasteiger partial charge in [0.05, 0.1) is 27.4 Å². The number of Topliss-reactive ketones (excluding diaryl/α,β-unsaturated/α-hetero) is 1. The van der Waals surface area contributed by atoms with Crippen LogP contribution >= 0.6 is 23.2 Å². The van der Waals surface area contributed by atoms with E-state index >= 15 is 0 Å². The Hall–Kier alpha value is -2.87. The summed E-state index contributed by atoms with van der Waals surface area (Å²) in [7, 11) is 3.76. The summed E-state index contributed by atoms with van der Waals surface area (Å²) in [6.45, 7) is 2.59. The number of aryl methyl sites for hydroxylation is 1. The van der Waals surface area contributed by atoms with Crippen molar-refractivity contribution in [1.82, 2.24) is 19.2 Å². The van der Waals surface area contributed by atoms with E-state index in [0.717, 1.165) is 0 Å². The molecule has 1 aliphatic rings. The molecular formula is C23H22Cl2N4O3. The minimum absolute atomic E-state index is 0.000832. The number of imidazole rings is 1. The number of nitrogens with zero attached hydrogens (tertiary/aromatic N) is 4. The molecule has 3 heterocycles. The van der Waals surface area contributed by atoms with Crippen LogP contribution in [0, 0.1) is 6.92 Å². The van der Waals surface area contributed by atoms with Crippen LogP contribution in [0.3, 0.4) is 0 Å². The third kappa shape index (κ3) is 3.77. The van der Waals surface area contributed by atoms with Gasteiger partial charge in [0.2, 0.25) is 0 Å². The summed E-state index contributed by atoms with van der Waals surface area (Å²) in [6, 6.07) is 9.58. The van der Waals surface area contributed by atoms with Crippen molar-refractivity contribution < 1.29 is 14.7 Å². The summed E-state index contributed by atoms with van der Waals surface area (Å²) in [5, 5.41) is 12.0. The van der Waals surface area contributed by atoms with E-state index in [2.05, 4.69) is 4.98 Å². The largest absolute Gasteiger partial charge is 0.505 e. The molecule has 1 fully saturated rings. The first-order valence-corrected chi connectivity index (χ1v) is 10.8. The van der Waals surface area contributed by atoms with E-state index in [4.69, 9.17) is 23.2 Å². The third-order valence-corrected chi connectivity index (χ3v) is 6.26. The maximum absolute atomic E-state index is 13.2. The molecule has 1 amide bonds. The summed E-state index contributed by atoms with van der Waals surface area (Å²) in [5.74, 6) is -1.69. The van der Waals surface area contributed by atoms with E-state index in [-0.39, 0.29) is 11.3 Å². The maximum Gasteiger partial charge on any atom is 0.295 e. The van der Waals surface area contributed by atoms with Gasteiger partial charge in [-0.3, -0.25) is 14.0 Å². The summed E-state index contributed by atoms with van der Waals surface area (Å²) < 4.78 is 1.70. The normalized spacial score (nSPS) is 18.3. The smallest absolute Gasteiger partial charge is 0.295 e. The first-order valence-electron chi connectivity index (χ1n) is 10.0. The summed E-state index contributed by atoms with van der Waals surface area (Å²) >= 11 is 12.3. The van der Waals surface area contributed by atoms with E-state index in [1.165, 1.54) is 4.90 Å². The van der Waals surface area contributed by atoms with Crippen molar-refractivity contribution >= 4 is 46.3 Å². The molecule has 0 spiro atoms. The number of aromatic nitrogens is 2. The Bertz CT molecular complexity index is 1270. The van der Waals surface area contributed by atoms with Gasteiger partial charge < -0.3 is 14.9 Å². The maximum atomic E-state index is 13.2. The molecule has 1 saturated heterocycles. The van der Waals surface area contributed by atoms with Gasteiger partial charge in [-0.25, -0.2) is 4.98 Å². The molecule has 1 atom stereocenters. The summed E-state index contributed by atoms with van der Waals surface area (Å²) in [4.78, 5) is 34.0. The van der Waals surface area contributed by atoms with Crippen molar-refractivity contribution in [3.8, 4) is 0 Å². The quantitative estimate of drug-likeness (QED) is 0.345. The van der Waals surface area contributed by atoms with Crippen molar-refractivity contribution in [1.29, 1.82) is 0 Å². The number of fused-ring (bicyclic) bond motifs is 1. The van der Waals surface area contributed by atoms with Crippen LogP contribution < -0.4 is 0 Å². The molecule has 0 saturated carbocycles. The van der Waals surface area contributed by atoms with E-state index < -0.39 is 17.7 Å². The minimum Gasteiger partial charge on any atom is -0.505 e. The number of rotatable bonds is 5. The molecule has 0 radical (unpaired) electrons. The monoisotopic (exact) mass is 472 g/mol. The number of aliphatic hydroxyl groups excluding tert-OH is 1. The molecule has 1 unspecified atom stereocenters. The fourth-order valence-electron chi connectivity index (χ4n) is 3.97. The van der Waals surface area contributed by atoms with Gasteiger partial charge in [-0.2, -0.15) is 0 Å². The molecule has 2 aromatic heterocycles. The average Bonchev–Trinajstić information content (AvgIpc) is 3.21. The molecule has 32 heavy (non-hydrogen) atoms. The number of halogens is 2. The molecular weight excluding hydrogens is 451 g/mol. The van der Waals surface area contributed by atoms with Gasteiger partial charge in [0.25, 0.3) is 11.7 Å². The number of pyridine rings is 1. The van der Waals surface area contributed by atoms with Gasteiger partial charge in [-0.1, -0.05) is 35.3 Å². The highest BCUT2D eigenvalue weighted by Crippen LogP contribution is 2.41. The van der Waals surface area contributed by atoms with Crippen LogP contribution in [0.15, 0.2) is 48.2 Å². The number of aliphatic hydroxyl groups is 1. The fourth-order valence-corrected chi connectivity index (χ4v) is 4.28. The summed E-state index contributed by atoms with van der Waals surface area (Å²) in [6.07, 6.45) is 1.75. The minimum atomic E-state index is -0.807. The van der Waals surface area contributed by atoms with Crippen molar-refractivity contribution in [2.24, 2.45) is 0 Å². The molecule has 1 aromatic carbocycles. The van der Waals surface area contributed by atoms with E-state index in [1.807, 2.05) is 25.1 Å². The lowest BCUT2D eigenvalue weighted by molar-refractivity contribution is -0.140. The number of likely N-dealkylation sites (N-methyl/N-ethyl adjacent to an activating group) is 1. The molecule has 0 aliphatic carbocycles. The van der Waals surface area contributed by atoms with Crippen molar-refractivity contribution in [2.45, 2.75) is 13.0 Å². The Morgan fingerprint density at radius 1 is 1.16 bits per heavy atom. The second kappa shape index (κ2) is 8.58. The lowest BCUT2D eigenvalue weighted by Crippen LogP contribution is -2.35. The molecule has 3 aromatic rings. The van der Waals surface area contributed by atoms with Gasteiger partial charge in [0.1, 0.15) is 11.3 Å². The predicted octanol–water partition coefficient (Wildman–Crippen LogP) is 3.93. The van der Waals surface area contributed by atoms with Gasteiger partial charge in [-0.15, -0.1) is 0 Å². The number of carbonyl (C=O) groups excluding carboxylic acids is 2. The van der Waals surface area contributed by atoms with Crippen LogP contribution in [0.25, 0.3) is 11.4 Å². The first kappa shape index (κ1) is 22.3. The highest BCUT2D eigenvalue weighted by molar-refractivity contribution is 6.46.